The zero-order chi connectivity index (χ0) is 15.9. The number of nitrogens with zero attached hydrogens (tertiary/aromatic N) is 2. The summed E-state index contributed by atoms with van der Waals surface area (Å²) >= 11 is 0. The van der Waals surface area contributed by atoms with E-state index in [1.165, 1.54) is 0 Å². The fourth-order valence-electron chi connectivity index (χ4n) is 1.91. The lowest BCUT2D eigenvalue weighted by Gasteiger charge is -2.10. The van der Waals surface area contributed by atoms with Crippen molar-refractivity contribution in [1.29, 1.82) is 0 Å². The molecule has 0 radical (unpaired) electrons. The van der Waals surface area contributed by atoms with Gasteiger partial charge in [0.25, 0.3) is 5.91 Å². The summed E-state index contributed by atoms with van der Waals surface area (Å²) in [5.41, 5.74) is 1.90. The number of nitrogens with one attached hydrogen (secondary N) is 2. The summed E-state index contributed by atoms with van der Waals surface area (Å²) in [7, 11) is 1.56. The number of carbonyl (C=O) groups is 1. The SMILES string of the molecule is CCCNc1ccc(C(=O)Nc2cc(C)ccc2OC)nn1. The number of methoxy groups -OCH3 is 1. The molecule has 2 aromatic rings. The first-order valence-electron chi connectivity index (χ1n) is 7.17. The molecule has 116 valence electrons. The van der Waals surface area contributed by atoms with E-state index in [9.17, 15) is 4.79 Å². The molecular formula is C16H20N4O2. The Balaban J connectivity index is 2.10. The number of anilines is 2. The highest BCUT2D eigenvalue weighted by atomic mass is 16.5. The average molecular weight is 300 g/mol. The summed E-state index contributed by atoms with van der Waals surface area (Å²) < 4.78 is 5.24. The van der Waals surface area contributed by atoms with Crippen LogP contribution >= 0.6 is 0 Å². The first-order valence-corrected chi connectivity index (χ1v) is 7.17. The van der Waals surface area contributed by atoms with Gasteiger partial charge < -0.3 is 15.4 Å². The normalized spacial score (nSPS) is 10.1. The smallest absolute Gasteiger partial charge is 0.276 e. The lowest BCUT2D eigenvalue weighted by atomic mass is 10.2. The Morgan fingerprint density at radius 3 is 2.68 bits per heavy atom. The number of hydrogen-bond acceptors (Lipinski definition) is 5. The van der Waals surface area contributed by atoms with Gasteiger partial charge >= 0.3 is 0 Å². The Hall–Kier alpha value is -2.63. The molecule has 2 N–H and O–H groups in total. The van der Waals surface area contributed by atoms with E-state index < -0.39 is 0 Å². The molecule has 0 saturated heterocycles. The van der Waals surface area contributed by atoms with Gasteiger partial charge in [0.2, 0.25) is 0 Å². The van der Waals surface area contributed by atoms with Crippen LogP contribution in [-0.2, 0) is 0 Å². The molecule has 0 aliphatic rings. The molecule has 0 atom stereocenters. The molecule has 0 unspecified atom stereocenters. The Bertz CT molecular complexity index is 641. The van der Waals surface area contributed by atoms with E-state index in [0.29, 0.717) is 17.3 Å². The van der Waals surface area contributed by atoms with Crippen LogP contribution in [-0.4, -0.2) is 29.8 Å². The van der Waals surface area contributed by atoms with Crippen molar-refractivity contribution in [3.05, 3.63) is 41.6 Å². The second kappa shape index (κ2) is 7.40. The van der Waals surface area contributed by atoms with E-state index in [1.54, 1.807) is 19.2 Å². The van der Waals surface area contributed by atoms with Crippen LogP contribution in [0.2, 0.25) is 0 Å². The maximum absolute atomic E-state index is 12.2. The highest BCUT2D eigenvalue weighted by molar-refractivity contribution is 6.03. The fourth-order valence-corrected chi connectivity index (χ4v) is 1.91. The summed E-state index contributed by atoms with van der Waals surface area (Å²) in [5, 5.41) is 13.8. The standard InChI is InChI=1S/C16H20N4O2/c1-4-9-17-15-8-6-12(19-20-15)16(21)18-13-10-11(2)5-7-14(13)22-3/h5-8,10H,4,9H2,1-3H3,(H,17,20)(H,18,21). The van der Waals surface area contributed by atoms with Crippen molar-refractivity contribution in [2.24, 2.45) is 0 Å². The summed E-state index contributed by atoms with van der Waals surface area (Å²) in [6.07, 6.45) is 0.997. The molecule has 6 nitrogen and oxygen atoms in total. The van der Waals surface area contributed by atoms with Gasteiger partial charge in [0.05, 0.1) is 12.8 Å². The molecule has 6 heteroatoms. The van der Waals surface area contributed by atoms with Crippen molar-refractivity contribution < 1.29 is 9.53 Å². The van der Waals surface area contributed by atoms with E-state index in [-0.39, 0.29) is 11.6 Å². The third-order valence-corrected chi connectivity index (χ3v) is 3.06. The van der Waals surface area contributed by atoms with Crippen LogP contribution in [0.1, 0.15) is 29.4 Å². The van der Waals surface area contributed by atoms with Crippen LogP contribution in [0, 0.1) is 6.92 Å². The lowest BCUT2D eigenvalue weighted by Crippen LogP contribution is -2.15. The summed E-state index contributed by atoms with van der Waals surface area (Å²) in [5.74, 6) is 0.943. The van der Waals surface area contributed by atoms with E-state index in [2.05, 4.69) is 27.8 Å². The second-order valence-corrected chi connectivity index (χ2v) is 4.89. The first-order chi connectivity index (χ1) is 10.6. The molecule has 0 fully saturated rings. The molecule has 1 aromatic carbocycles. The van der Waals surface area contributed by atoms with Gasteiger partial charge in [0.15, 0.2) is 5.69 Å². The van der Waals surface area contributed by atoms with Crippen LogP contribution in [0.5, 0.6) is 5.75 Å². The minimum Gasteiger partial charge on any atom is -0.495 e. The number of ether oxygens (including phenoxy) is 1. The summed E-state index contributed by atoms with van der Waals surface area (Å²) in [6, 6.07) is 8.96. The number of carbonyl (C=O) groups excluding carboxylic acids is 1. The minimum absolute atomic E-state index is 0.255. The number of aryl methyl sites for hydroxylation is 1. The molecule has 0 saturated carbocycles. The Morgan fingerprint density at radius 2 is 2.05 bits per heavy atom. The van der Waals surface area contributed by atoms with E-state index in [0.717, 1.165) is 18.5 Å². The third-order valence-electron chi connectivity index (χ3n) is 3.06. The van der Waals surface area contributed by atoms with Gasteiger partial charge in [-0.25, -0.2) is 0 Å². The van der Waals surface area contributed by atoms with Gasteiger partial charge in [-0.2, -0.15) is 0 Å². The third kappa shape index (κ3) is 3.94. The summed E-state index contributed by atoms with van der Waals surface area (Å²) in [6.45, 7) is 4.83. The van der Waals surface area contributed by atoms with Gasteiger partial charge in [-0.05, 0) is 43.2 Å². The van der Waals surface area contributed by atoms with Crippen LogP contribution < -0.4 is 15.4 Å². The molecule has 0 aliphatic heterocycles. The molecule has 0 aliphatic carbocycles. The minimum atomic E-state index is -0.321. The maximum Gasteiger partial charge on any atom is 0.276 e. The zero-order valence-electron chi connectivity index (χ0n) is 13.0. The molecule has 2 rings (SSSR count). The topological polar surface area (TPSA) is 76.1 Å². The maximum atomic E-state index is 12.2. The van der Waals surface area contributed by atoms with Crippen LogP contribution in [0.15, 0.2) is 30.3 Å². The Labute approximate surface area is 129 Å². The predicted molar refractivity (Wildman–Crippen MR) is 86.5 cm³/mol. The second-order valence-electron chi connectivity index (χ2n) is 4.89. The van der Waals surface area contributed by atoms with Gasteiger partial charge in [0.1, 0.15) is 11.6 Å². The average Bonchev–Trinajstić information content (AvgIpc) is 2.53. The predicted octanol–water partition coefficient (Wildman–Crippen LogP) is 2.87. The van der Waals surface area contributed by atoms with Crippen molar-refractivity contribution in [2.45, 2.75) is 20.3 Å². The highest BCUT2D eigenvalue weighted by Crippen LogP contribution is 2.25. The van der Waals surface area contributed by atoms with Crippen molar-refractivity contribution >= 4 is 17.4 Å². The number of amides is 1. The molecule has 22 heavy (non-hydrogen) atoms. The monoisotopic (exact) mass is 300 g/mol. The van der Waals surface area contributed by atoms with E-state index in [1.807, 2.05) is 25.1 Å². The molecule has 1 amide bonds. The summed E-state index contributed by atoms with van der Waals surface area (Å²) in [4.78, 5) is 12.2. The number of hydrogen-bond donors (Lipinski definition) is 2. The van der Waals surface area contributed by atoms with Crippen LogP contribution in [0.25, 0.3) is 0 Å². The van der Waals surface area contributed by atoms with Gasteiger partial charge in [-0.3, -0.25) is 4.79 Å². The molecule has 1 heterocycles. The van der Waals surface area contributed by atoms with E-state index in [4.69, 9.17) is 4.74 Å². The van der Waals surface area contributed by atoms with Crippen molar-refractivity contribution in [2.75, 3.05) is 24.3 Å². The van der Waals surface area contributed by atoms with Crippen molar-refractivity contribution in [3.63, 3.8) is 0 Å². The number of benzene rings is 1. The Kier molecular flexibility index (Phi) is 5.30. The molecule has 0 bridgehead atoms. The molecule has 1 aromatic heterocycles. The fraction of sp³-hybridized carbons (Fsp3) is 0.312. The van der Waals surface area contributed by atoms with Gasteiger partial charge in [-0.15, -0.1) is 10.2 Å². The zero-order valence-corrected chi connectivity index (χ0v) is 13.0. The Morgan fingerprint density at radius 1 is 1.23 bits per heavy atom. The first kappa shape index (κ1) is 15.8. The van der Waals surface area contributed by atoms with Gasteiger partial charge in [0, 0.05) is 6.54 Å². The molecule has 0 spiro atoms. The largest absolute Gasteiger partial charge is 0.495 e. The van der Waals surface area contributed by atoms with Crippen LogP contribution in [0.4, 0.5) is 11.5 Å². The molecular weight excluding hydrogens is 280 g/mol. The van der Waals surface area contributed by atoms with Crippen LogP contribution in [0.3, 0.4) is 0 Å². The van der Waals surface area contributed by atoms with E-state index >= 15 is 0 Å². The van der Waals surface area contributed by atoms with Gasteiger partial charge in [-0.1, -0.05) is 13.0 Å². The van der Waals surface area contributed by atoms with Crippen molar-refractivity contribution in [3.8, 4) is 5.75 Å². The lowest BCUT2D eigenvalue weighted by molar-refractivity contribution is 0.102. The number of aromatic nitrogens is 2. The quantitative estimate of drug-likeness (QED) is 0.858. The van der Waals surface area contributed by atoms with Crippen molar-refractivity contribution in [1.82, 2.24) is 10.2 Å². The highest BCUT2D eigenvalue weighted by Gasteiger charge is 2.12. The number of rotatable bonds is 6.